The molecule has 0 saturated carbocycles. The number of likely N-dealkylation sites (N-methyl/N-ethyl adjacent to an activating group) is 2. The summed E-state index contributed by atoms with van der Waals surface area (Å²) in [6, 6.07) is 20.7. The van der Waals surface area contributed by atoms with Crippen molar-refractivity contribution in [3.05, 3.63) is 140 Å². The summed E-state index contributed by atoms with van der Waals surface area (Å²) in [5.41, 5.74) is 13.5. The second-order valence-corrected chi connectivity index (χ2v) is 34.2. The van der Waals surface area contributed by atoms with Gasteiger partial charge in [-0.2, -0.15) is 15.0 Å². The van der Waals surface area contributed by atoms with Crippen molar-refractivity contribution in [2.45, 2.75) is 92.2 Å². The molecule has 114 heavy (non-hydrogen) atoms. The predicted molar refractivity (Wildman–Crippen MR) is 460 cm³/mol. The van der Waals surface area contributed by atoms with Crippen LogP contribution >= 0.6 is 34.0 Å². The molecule has 17 rings (SSSR count). The summed E-state index contributed by atoms with van der Waals surface area (Å²) in [5, 5.41) is 15.2. The van der Waals surface area contributed by atoms with Crippen LogP contribution in [0.15, 0.2) is 85.8 Å². The third-order valence-electron chi connectivity index (χ3n) is 23.2. The number of piperidine rings is 2. The zero-order valence-electron chi connectivity index (χ0n) is 67.6. The third-order valence-corrected chi connectivity index (χ3v) is 26.6. The van der Waals surface area contributed by atoms with Crippen LogP contribution in [0.5, 0.6) is 0 Å². The Balaban J connectivity index is 0.000000135. The van der Waals surface area contributed by atoms with Crippen LogP contribution < -0.4 is 55.1 Å². The van der Waals surface area contributed by atoms with Gasteiger partial charge in [-0.15, -0.1) is 34.0 Å². The van der Waals surface area contributed by atoms with E-state index in [0.29, 0.717) is 83.1 Å². The quantitative estimate of drug-likeness (QED) is 0.0906. The highest BCUT2D eigenvalue weighted by Crippen LogP contribution is 2.45. The van der Waals surface area contributed by atoms with E-state index >= 15 is 0 Å². The fourth-order valence-electron chi connectivity index (χ4n) is 16.3. The molecule has 3 N–H and O–H groups in total. The maximum absolute atomic E-state index is 13.1. The zero-order valence-corrected chi connectivity index (χ0v) is 70.1. The smallest absolute Gasteiger partial charge is 0.279 e. The Morgan fingerprint density at radius 3 is 1.43 bits per heavy atom. The first-order valence-electron chi connectivity index (χ1n) is 39.4. The minimum atomic E-state index is -0.176. The Kier molecular flexibility index (Phi) is 23.3. The van der Waals surface area contributed by atoms with E-state index in [2.05, 4.69) is 170 Å². The number of fused-ring (bicyclic) bond motifs is 6. The van der Waals surface area contributed by atoms with Crippen molar-refractivity contribution in [1.29, 1.82) is 0 Å². The second-order valence-electron chi connectivity index (χ2n) is 30.7. The second kappa shape index (κ2) is 33.6. The van der Waals surface area contributed by atoms with Crippen molar-refractivity contribution in [2.24, 2.45) is 0 Å². The number of ketones is 1. The first kappa shape index (κ1) is 78.9. The average Bonchev–Trinajstić information content (AvgIpc) is 1.62. The van der Waals surface area contributed by atoms with Crippen molar-refractivity contribution in [1.82, 2.24) is 69.4 Å². The number of anilines is 17. The molecular formula is C82H103N25O4S3. The number of nitrogens with one attached hydrogen (secondary N) is 3. The number of thiazole rings is 3. The first-order valence-corrected chi connectivity index (χ1v) is 41.9. The van der Waals surface area contributed by atoms with Crippen LogP contribution in [0.1, 0.15) is 101 Å². The van der Waals surface area contributed by atoms with E-state index in [-0.39, 0.29) is 29.9 Å². The number of hydrogen-bond donors (Lipinski definition) is 3. The number of carbonyl (C=O) groups is 4. The molecule has 9 aromatic rings. The van der Waals surface area contributed by atoms with Crippen molar-refractivity contribution in [2.75, 3.05) is 209 Å². The topological polar surface area (TPSA) is 263 Å². The molecule has 0 atom stereocenters. The average molecular weight is 1600 g/mol. The standard InChI is InChI=1S/C29H39N9OS.C28H36N8OS.C25H28N8O2S/c1-6-24-32-25-27(39)35(4)23-18-30-29(33-26(23)36(5)28(25)40-24)31-22-8-7-21(17-19(22)2)37-11-9-20(10-12-37)38-15-13-34(3)14-16-38;1-18-15-21(5-6-23(18)36-9-7-22(8-10-36)35-13-11-33(3)12-14-35)31-28-29-17-20-16-24(37)25-27(38-19(2)30-25)34(4)26(20)32-28;1-6-20(34)33-11-9-32(10-12-33)17-7-8-18(15(2)13-17)28-25-26-14-19-22(29-25)31(5)24-21(23(35)30(19)4)27-16(3)36-24/h7-8,17-18,20H,6,9-16H2,1-5H3,(H,30,31,33);5-6,15,17,22H,7-14,16H2,1-4H3,(H,29,31,32);6-8,13-14H,1,9-12H2,2-5H3,(H,26,28,29). The molecule has 0 bridgehead atoms. The molecule has 29 nitrogen and oxygen atoms in total. The van der Waals surface area contributed by atoms with Gasteiger partial charge in [0.15, 0.2) is 28.8 Å². The van der Waals surface area contributed by atoms with Crippen LogP contribution in [0.4, 0.5) is 95.8 Å². The van der Waals surface area contributed by atoms with Crippen molar-refractivity contribution in [3.63, 3.8) is 0 Å². The highest BCUT2D eigenvalue weighted by atomic mass is 32.1. The minimum Gasteiger partial charge on any atom is -0.371 e. The lowest BCUT2D eigenvalue weighted by atomic mass is 10.0. The van der Waals surface area contributed by atoms with E-state index in [1.807, 2.05) is 67.6 Å². The molecule has 32 heteroatoms. The fourth-order valence-corrected chi connectivity index (χ4v) is 19.1. The number of hydrogen-bond acceptors (Lipinski definition) is 29. The molecule has 0 radical (unpaired) electrons. The minimum absolute atomic E-state index is 0.0121. The molecule has 3 aromatic carbocycles. The van der Waals surface area contributed by atoms with Crippen molar-refractivity contribution in [3.8, 4) is 0 Å². The summed E-state index contributed by atoms with van der Waals surface area (Å²) in [6.07, 6.45) is 12.4. The van der Waals surface area contributed by atoms with Crippen molar-refractivity contribution < 1.29 is 19.2 Å². The van der Waals surface area contributed by atoms with E-state index < -0.39 is 0 Å². The number of Topliss-reactive ketones (excluding diaryl/α,β-unsaturated/α-hetero) is 1. The summed E-state index contributed by atoms with van der Waals surface area (Å²) in [7, 11) is 13.7. The van der Waals surface area contributed by atoms with Gasteiger partial charge in [0, 0.05) is 204 Å². The van der Waals surface area contributed by atoms with Crippen LogP contribution in [0.3, 0.4) is 0 Å². The van der Waals surface area contributed by atoms with E-state index in [1.165, 1.54) is 135 Å². The van der Waals surface area contributed by atoms with Gasteiger partial charge in [-0.1, -0.05) is 13.5 Å². The molecule has 8 aliphatic heterocycles. The van der Waals surface area contributed by atoms with Gasteiger partial charge >= 0.3 is 0 Å². The summed E-state index contributed by atoms with van der Waals surface area (Å²) in [6.45, 7) is 32.6. The molecular weight excluding hydrogens is 1500 g/mol. The van der Waals surface area contributed by atoms with Crippen LogP contribution in [0, 0.1) is 34.6 Å². The normalized spacial score (nSPS) is 18.0. The molecule has 8 aliphatic rings. The molecule has 0 unspecified atom stereocenters. The number of amides is 3. The number of nitrogens with zero attached hydrogens (tertiary/aromatic N) is 22. The van der Waals surface area contributed by atoms with Gasteiger partial charge in [-0.3, -0.25) is 29.0 Å². The Bertz CT molecular complexity index is 5080. The molecule has 14 heterocycles. The van der Waals surface area contributed by atoms with Gasteiger partial charge < -0.3 is 69.8 Å². The van der Waals surface area contributed by atoms with Gasteiger partial charge in [0.1, 0.15) is 37.9 Å². The lowest BCUT2D eigenvalue weighted by Gasteiger charge is -2.43. The lowest BCUT2D eigenvalue weighted by molar-refractivity contribution is -0.126. The SMILES string of the molecule is C=CC(=O)N1CCN(c2ccc(Nc3ncc4c(n3)N(C)c3sc(C)nc3C(=O)N4C)c(C)c2)CC1.CCc1nc2c(s1)N(C)c1nc(Nc3ccc(N4CCC(N5CCN(C)CC5)CC4)cc3C)ncc1N(C)C2=O.Cc1nc2c(s1)N(C)c1nc(Nc3ccc(N4CCC(N5CCN(C)CC5)CC4)c(C)c3)ncc1CC2=O. The maximum Gasteiger partial charge on any atom is 0.279 e. The summed E-state index contributed by atoms with van der Waals surface area (Å²) < 4.78 is 0. The van der Waals surface area contributed by atoms with Gasteiger partial charge in [-0.05, 0) is 158 Å². The van der Waals surface area contributed by atoms with Gasteiger partial charge in [0.25, 0.3) is 11.8 Å². The molecule has 598 valence electrons. The van der Waals surface area contributed by atoms with Crippen molar-refractivity contribution >= 4 is 153 Å². The number of aromatic nitrogens is 9. The monoisotopic (exact) mass is 1600 g/mol. The molecule has 5 saturated heterocycles. The highest BCUT2D eigenvalue weighted by Gasteiger charge is 2.37. The Morgan fingerprint density at radius 2 is 0.921 bits per heavy atom. The van der Waals surface area contributed by atoms with Crippen LogP contribution in [-0.4, -0.2) is 259 Å². The van der Waals surface area contributed by atoms with E-state index in [4.69, 9.17) is 15.0 Å². The van der Waals surface area contributed by atoms with E-state index in [0.717, 1.165) is 121 Å². The predicted octanol–water partition coefficient (Wildman–Crippen LogP) is 11.6. The van der Waals surface area contributed by atoms with Gasteiger partial charge in [0.05, 0.1) is 27.4 Å². The largest absolute Gasteiger partial charge is 0.371 e. The van der Waals surface area contributed by atoms with Crippen LogP contribution in [-0.2, 0) is 17.6 Å². The summed E-state index contributed by atoms with van der Waals surface area (Å²) in [4.78, 5) is 121. The molecule has 0 spiro atoms. The Hall–Kier alpha value is -10.4. The maximum atomic E-state index is 13.1. The lowest BCUT2D eigenvalue weighted by Crippen LogP contribution is -2.52. The molecule has 5 fully saturated rings. The summed E-state index contributed by atoms with van der Waals surface area (Å²) >= 11 is 4.52. The molecule has 3 amide bonds. The third kappa shape index (κ3) is 16.5. The van der Waals surface area contributed by atoms with Gasteiger partial charge in [0.2, 0.25) is 23.8 Å². The van der Waals surface area contributed by atoms with Gasteiger partial charge in [-0.25, -0.2) is 29.9 Å². The zero-order chi connectivity index (χ0) is 79.9. The highest BCUT2D eigenvalue weighted by molar-refractivity contribution is 7.17. The Morgan fingerprint density at radius 1 is 0.465 bits per heavy atom. The first-order chi connectivity index (χ1) is 54.9. The van der Waals surface area contributed by atoms with Crippen LogP contribution in [0.2, 0.25) is 0 Å². The number of benzene rings is 3. The van der Waals surface area contributed by atoms with E-state index in [1.54, 1.807) is 42.5 Å². The van der Waals surface area contributed by atoms with Crippen LogP contribution in [0.25, 0.3) is 0 Å². The number of aryl methyl sites for hydroxylation is 6. The number of rotatable bonds is 13. The summed E-state index contributed by atoms with van der Waals surface area (Å²) in [5.74, 6) is 3.19. The number of piperazine rings is 3. The number of carbonyl (C=O) groups excluding carboxylic acids is 4. The molecule has 0 aliphatic carbocycles. The van der Waals surface area contributed by atoms with E-state index in [9.17, 15) is 19.2 Å². The fraction of sp³-hybridized carbons (Fsp3) is 0.451. The Labute approximate surface area is 679 Å². The molecule has 6 aromatic heterocycles.